The topological polar surface area (TPSA) is 166 Å². The van der Waals surface area contributed by atoms with Gasteiger partial charge in [-0.1, -0.05) is 12.1 Å². The van der Waals surface area contributed by atoms with Crippen LogP contribution in [0, 0.1) is 23.0 Å². The predicted molar refractivity (Wildman–Crippen MR) is 251 cm³/mol. The number of likely N-dealkylation sites (tertiary alicyclic amines) is 2. The normalized spacial score (nSPS) is 23.4. The first-order valence-electron chi connectivity index (χ1n) is 23.6. The third-order valence-electron chi connectivity index (χ3n) is 15.8. The minimum Gasteiger partial charge on any atom is -0.507 e. The maximum atomic E-state index is 15.8. The van der Waals surface area contributed by atoms with Crippen molar-refractivity contribution in [2.75, 3.05) is 67.1 Å². The van der Waals surface area contributed by atoms with Crippen molar-refractivity contribution in [3.05, 3.63) is 102 Å². The Balaban J connectivity index is 0.707. The Kier molecular flexibility index (Phi) is 11.5. The predicted octanol–water partition coefficient (Wildman–Crippen LogP) is 6.92. The molecule has 15 heteroatoms. The van der Waals surface area contributed by atoms with Crippen LogP contribution in [0.3, 0.4) is 0 Å². The summed E-state index contributed by atoms with van der Waals surface area (Å²) in [5.74, 6) is -0.0601. The molecule has 8 N–H and O–H groups in total. The average molecular weight is 889 g/mol. The summed E-state index contributed by atoms with van der Waals surface area (Å²) in [5, 5.41) is 13.2. The van der Waals surface area contributed by atoms with E-state index in [4.69, 9.17) is 17.2 Å². The molecule has 4 aromatic rings. The van der Waals surface area contributed by atoms with Crippen molar-refractivity contribution < 1.29 is 23.5 Å². The Morgan fingerprint density at radius 2 is 1.52 bits per heavy atom. The van der Waals surface area contributed by atoms with Crippen molar-refractivity contribution in [1.82, 2.24) is 19.7 Å². The molecule has 3 amide bonds. The number of hydrogen-bond acceptors (Lipinski definition) is 10. The third kappa shape index (κ3) is 8.32. The molecule has 65 heavy (non-hydrogen) atoms. The van der Waals surface area contributed by atoms with Gasteiger partial charge in [-0.05, 0) is 143 Å². The smallest absolute Gasteiger partial charge is 0.328 e. The molecule has 6 aliphatic rings. The Labute approximate surface area is 379 Å². The highest BCUT2D eigenvalue weighted by Gasteiger charge is 2.42. The van der Waals surface area contributed by atoms with Crippen molar-refractivity contribution in [3.8, 4) is 5.75 Å². The van der Waals surface area contributed by atoms with Crippen molar-refractivity contribution >= 4 is 45.6 Å². The number of fused-ring (bicyclic) bond motifs is 3. The number of benzene rings is 3. The SMILES string of the molecule is NC(N)=C(/C=C(\N)c1ccccc1O)N1CC2CCC(C1)N2c1ccc(F)c(N2CCC(CN3CCC4(CCC(n5ccc6c(F)c(N7CCC(=O)NC7=O)ccc65)CC4)CC3)CC2)c1. The molecule has 344 valence electrons. The number of piperidine rings is 2. The third-order valence-corrected chi connectivity index (χ3v) is 15.8. The first-order chi connectivity index (χ1) is 31.4. The summed E-state index contributed by atoms with van der Waals surface area (Å²) in [4.78, 5) is 35.0. The molecule has 1 saturated carbocycles. The number of nitrogens with two attached hydrogens (primary N) is 3. The minimum absolute atomic E-state index is 0.0971. The van der Waals surface area contributed by atoms with E-state index in [9.17, 15) is 14.7 Å². The van der Waals surface area contributed by atoms with Crippen LogP contribution in [0.4, 0.5) is 30.6 Å². The molecular weight excluding hydrogens is 827 g/mol. The number of urea groups is 1. The summed E-state index contributed by atoms with van der Waals surface area (Å²) < 4.78 is 33.6. The lowest BCUT2D eigenvalue weighted by Crippen LogP contribution is -2.54. The molecule has 1 aromatic heterocycles. The van der Waals surface area contributed by atoms with E-state index in [0.717, 1.165) is 82.5 Å². The van der Waals surface area contributed by atoms with Gasteiger partial charge in [0, 0.05) is 92.3 Å². The van der Waals surface area contributed by atoms with Crippen molar-refractivity contribution in [3.63, 3.8) is 0 Å². The Morgan fingerprint density at radius 1 is 0.800 bits per heavy atom. The molecule has 1 aliphatic carbocycles. The van der Waals surface area contributed by atoms with Gasteiger partial charge in [-0.3, -0.25) is 15.0 Å². The number of aromatic nitrogens is 1. The first-order valence-corrected chi connectivity index (χ1v) is 23.6. The molecule has 3 aromatic carbocycles. The minimum atomic E-state index is -0.579. The molecule has 2 atom stereocenters. The van der Waals surface area contributed by atoms with Crippen LogP contribution in [0.5, 0.6) is 5.75 Å². The number of carbonyl (C=O) groups excluding carboxylic acids is 2. The number of piperazine rings is 1. The Morgan fingerprint density at radius 3 is 2.22 bits per heavy atom. The van der Waals surface area contributed by atoms with Crippen LogP contribution >= 0.6 is 0 Å². The second kappa shape index (κ2) is 17.4. The quantitative estimate of drug-likeness (QED) is 0.111. The number of anilines is 3. The molecule has 1 spiro atoms. The number of aromatic hydroxyl groups is 1. The number of rotatable bonds is 9. The first kappa shape index (κ1) is 43.0. The molecular formula is C50H62F2N10O3. The van der Waals surface area contributed by atoms with E-state index in [1.807, 2.05) is 30.5 Å². The highest BCUT2D eigenvalue weighted by Crippen LogP contribution is 2.49. The van der Waals surface area contributed by atoms with Gasteiger partial charge in [0.25, 0.3) is 0 Å². The lowest BCUT2D eigenvalue weighted by atomic mass is 9.67. The number of nitrogens with one attached hydrogen (secondary N) is 1. The van der Waals surface area contributed by atoms with E-state index in [-0.39, 0.29) is 54.0 Å². The second-order valence-corrected chi connectivity index (χ2v) is 19.6. The number of nitrogens with zero attached hydrogens (tertiary/aromatic N) is 6. The average Bonchev–Trinajstić information content (AvgIpc) is 3.85. The molecule has 2 bridgehead atoms. The van der Waals surface area contributed by atoms with Gasteiger partial charge in [0.15, 0.2) is 5.82 Å². The standard InChI is InChI=1S/C50H62F2N10O3/c51-39-8-7-34(62-35-5-6-36(62)31-59(30-35)44(48(54)55)28-40(53)37-3-1-2-4-45(37)63)27-43(39)58-21-13-32(14-22-58)29-57-25-19-50(20-26-57)17-11-33(12-18-50)60-23-15-38-41(60)9-10-42(47(38)52)61-24-16-46(64)56-49(61)65/h1-4,7-10,15,23,27-28,32-33,35-36,63H,5-6,11-14,16-22,24-26,29-31,53-55H2,(H,56,64,65)/b40-28-. The summed E-state index contributed by atoms with van der Waals surface area (Å²) in [7, 11) is 0. The molecule has 2 unspecified atom stereocenters. The van der Waals surface area contributed by atoms with Gasteiger partial charge in [-0.15, -0.1) is 0 Å². The summed E-state index contributed by atoms with van der Waals surface area (Å²) in [6.45, 7) is 6.58. The van der Waals surface area contributed by atoms with Gasteiger partial charge >= 0.3 is 6.03 Å². The van der Waals surface area contributed by atoms with Crippen LogP contribution in [0.1, 0.15) is 82.2 Å². The van der Waals surface area contributed by atoms with Crippen LogP contribution < -0.4 is 37.2 Å². The van der Waals surface area contributed by atoms with E-state index in [1.165, 1.54) is 30.6 Å². The molecule has 5 saturated heterocycles. The molecule has 6 heterocycles. The van der Waals surface area contributed by atoms with Gasteiger partial charge in [-0.25, -0.2) is 13.6 Å². The Hall–Kier alpha value is -5.96. The number of halogens is 2. The lowest BCUT2D eigenvalue weighted by molar-refractivity contribution is -0.120. The Bertz CT molecular complexity index is 2500. The van der Waals surface area contributed by atoms with E-state index < -0.39 is 11.8 Å². The number of carbonyl (C=O) groups is 2. The number of phenols is 1. The second-order valence-electron chi connectivity index (χ2n) is 19.6. The van der Waals surface area contributed by atoms with Crippen molar-refractivity contribution in [2.45, 2.75) is 88.8 Å². The van der Waals surface area contributed by atoms with Crippen LogP contribution in [-0.4, -0.2) is 95.9 Å². The van der Waals surface area contributed by atoms with Crippen molar-refractivity contribution in [1.29, 1.82) is 0 Å². The zero-order chi connectivity index (χ0) is 45.0. The lowest BCUT2D eigenvalue weighted by Gasteiger charge is -2.47. The van der Waals surface area contributed by atoms with Crippen LogP contribution in [0.25, 0.3) is 16.6 Å². The van der Waals surface area contributed by atoms with Crippen LogP contribution in [-0.2, 0) is 4.79 Å². The summed E-state index contributed by atoms with van der Waals surface area (Å²) in [6.07, 6.45) is 14.9. The summed E-state index contributed by atoms with van der Waals surface area (Å²) in [6, 6.07) is 18.1. The number of allylic oxidation sites excluding steroid dienone is 1. The van der Waals surface area contributed by atoms with Gasteiger partial charge in [0.05, 0.1) is 22.6 Å². The fourth-order valence-electron chi connectivity index (χ4n) is 12.2. The number of para-hydroxylation sites is 1. The van der Waals surface area contributed by atoms with Crippen molar-refractivity contribution in [2.24, 2.45) is 28.5 Å². The van der Waals surface area contributed by atoms with Crippen LogP contribution in [0.2, 0.25) is 0 Å². The fraction of sp³-hybridized carbons (Fsp3) is 0.480. The maximum absolute atomic E-state index is 15.8. The fourth-order valence-corrected chi connectivity index (χ4v) is 12.2. The van der Waals surface area contributed by atoms with E-state index >= 15 is 8.78 Å². The largest absolute Gasteiger partial charge is 0.507 e. The molecule has 10 rings (SSSR count). The summed E-state index contributed by atoms with van der Waals surface area (Å²) >= 11 is 0. The number of imide groups is 1. The monoisotopic (exact) mass is 888 g/mol. The molecule has 13 nitrogen and oxygen atoms in total. The number of phenolic OH excluding ortho intramolecular Hbond substituents is 1. The maximum Gasteiger partial charge on any atom is 0.328 e. The summed E-state index contributed by atoms with van der Waals surface area (Å²) in [5.41, 5.74) is 23.6. The highest BCUT2D eigenvalue weighted by atomic mass is 19.1. The zero-order valence-electron chi connectivity index (χ0n) is 37.1. The van der Waals surface area contributed by atoms with Gasteiger partial charge in [-0.2, -0.15) is 0 Å². The molecule has 5 aliphatic heterocycles. The van der Waals surface area contributed by atoms with E-state index in [0.29, 0.717) is 58.5 Å². The molecule has 6 fully saturated rings. The van der Waals surface area contributed by atoms with Gasteiger partial charge < -0.3 is 46.5 Å². The van der Waals surface area contributed by atoms with Gasteiger partial charge in [0.1, 0.15) is 17.4 Å². The van der Waals surface area contributed by atoms with E-state index in [1.54, 1.807) is 36.4 Å². The number of amides is 3. The van der Waals surface area contributed by atoms with Crippen LogP contribution in [0.15, 0.2) is 84.5 Å². The highest BCUT2D eigenvalue weighted by molar-refractivity contribution is 6.06. The molecule has 0 radical (unpaired) electrons. The zero-order valence-corrected chi connectivity index (χ0v) is 37.1. The van der Waals surface area contributed by atoms with Gasteiger partial charge in [0.2, 0.25) is 5.91 Å². The van der Waals surface area contributed by atoms with E-state index in [2.05, 4.69) is 35.5 Å². The number of hydrogen-bond donors (Lipinski definition) is 5.